The molecule has 3 saturated heterocycles. The predicted octanol–water partition coefficient (Wildman–Crippen LogP) is -0.452. The SMILES string of the molecule is O=C(CCC1NC(C2CCCCN2)NO1)NCCCNC1NNC(=O)C2CCCCC12. The highest BCUT2D eigenvalue weighted by atomic mass is 16.7. The van der Waals surface area contributed by atoms with Crippen LogP contribution in [0.4, 0.5) is 0 Å². The summed E-state index contributed by atoms with van der Waals surface area (Å²) in [5.41, 5.74) is 8.99. The number of amides is 2. The summed E-state index contributed by atoms with van der Waals surface area (Å²) in [7, 11) is 0. The zero-order chi connectivity index (χ0) is 21.5. The zero-order valence-electron chi connectivity index (χ0n) is 18.4. The Balaban J connectivity index is 1.05. The van der Waals surface area contributed by atoms with Crippen LogP contribution in [0.2, 0.25) is 0 Å². The summed E-state index contributed by atoms with van der Waals surface area (Å²) in [6.07, 6.45) is 10.1. The fraction of sp³-hybridized carbons (Fsp3) is 0.905. The van der Waals surface area contributed by atoms with Gasteiger partial charge in [0.2, 0.25) is 11.8 Å². The second-order valence-electron chi connectivity index (χ2n) is 9.29. The van der Waals surface area contributed by atoms with E-state index >= 15 is 0 Å². The van der Waals surface area contributed by atoms with Crippen molar-refractivity contribution >= 4 is 11.8 Å². The molecule has 0 bridgehead atoms. The highest BCUT2D eigenvalue weighted by Crippen LogP contribution is 2.33. The summed E-state index contributed by atoms with van der Waals surface area (Å²) in [6.45, 7) is 2.49. The molecule has 4 rings (SSSR count). The average Bonchev–Trinajstić information content (AvgIpc) is 3.29. The van der Waals surface area contributed by atoms with E-state index < -0.39 is 0 Å². The second kappa shape index (κ2) is 11.5. The first-order valence-corrected chi connectivity index (χ1v) is 12.2. The van der Waals surface area contributed by atoms with Gasteiger partial charge >= 0.3 is 0 Å². The van der Waals surface area contributed by atoms with E-state index in [0.717, 1.165) is 45.2 Å². The molecule has 0 radical (unpaired) electrons. The Labute approximate surface area is 184 Å². The second-order valence-corrected chi connectivity index (χ2v) is 9.29. The summed E-state index contributed by atoms with van der Waals surface area (Å²) < 4.78 is 0. The van der Waals surface area contributed by atoms with E-state index in [4.69, 9.17) is 4.84 Å². The van der Waals surface area contributed by atoms with Crippen LogP contribution >= 0.6 is 0 Å². The van der Waals surface area contributed by atoms with Crippen molar-refractivity contribution in [3.05, 3.63) is 0 Å². The summed E-state index contributed by atoms with van der Waals surface area (Å²) in [5, 5.41) is 13.4. The molecule has 1 saturated carbocycles. The highest BCUT2D eigenvalue weighted by Gasteiger charge is 2.39. The first-order chi connectivity index (χ1) is 15.2. The molecule has 31 heavy (non-hydrogen) atoms. The molecule has 10 nitrogen and oxygen atoms in total. The number of hydrogen-bond donors (Lipinski definition) is 7. The van der Waals surface area contributed by atoms with E-state index in [1.807, 2.05) is 0 Å². The summed E-state index contributed by atoms with van der Waals surface area (Å²) in [4.78, 5) is 29.8. The summed E-state index contributed by atoms with van der Waals surface area (Å²) >= 11 is 0. The topological polar surface area (TPSA) is 128 Å². The third-order valence-corrected chi connectivity index (χ3v) is 7.06. The molecule has 3 heterocycles. The van der Waals surface area contributed by atoms with Gasteiger partial charge in [-0.3, -0.25) is 25.2 Å². The van der Waals surface area contributed by atoms with Crippen molar-refractivity contribution in [3.8, 4) is 0 Å². The van der Waals surface area contributed by atoms with Gasteiger partial charge in [0, 0.05) is 30.8 Å². The van der Waals surface area contributed by atoms with Crippen molar-refractivity contribution < 1.29 is 14.4 Å². The molecule has 6 unspecified atom stereocenters. The van der Waals surface area contributed by atoms with Crippen molar-refractivity contribution in [2.24, 2.45) is 11.8 Å². The Bertz CT molecular complexity index is 602. The van der Waals surface area contributed by atoms with Gasteiger partial charge in [-0.05, 0) is 51.6 Å². The van der Waals surface area contributed by atoms with Crippen LogP contribution in [0.1, 0.15) is 64.2 Å². The highest BCUT2D eigenvalue weighted by molar-refractivity contribution is 5.79. The van der Waals surface area contributed by atoms with Crippen molar-refractivity contribution in [3.63, 3.8) is 0 Å². The first-order valence-electron chi connectivity index (χ1n) is 12.2. The van der Waals surface area contributed by atoms with Crippen LogP contribution in [0, 0.1) is 11.8 Å². The van der Waals surface area contributed by atoms with E-state index in [2.05, 4.69) is 37.6 Å². The zero-order valence-corrected chi connectivity index (χ0v) is 18.4. The van der Waals surface area contributed by atoms with Crippen molar-refractivity contribution in [1.82, 2.24) is 37.6 Å². The first kappa shape index (κ1) is 22.9. The van der Waals surface area contributed by atoms with E-state index in [-0.39, 0.29) is 36.3 Å². The van der Waals surface area contributed by atoms with Crippen molar-refractivity contribution in [2.45, 2.75) is 88.8 Å². The van der Waals surface area contributed by atoms with Crippen molar-refractivity contribution in [2.75, 3.05) is 19.6 Å². The van der Waals surface area contributed by atoms with Crippen molar-refractivity contribution in [1.29, 1.82) is 0 Å². The monoisotopic (exact) mass is 437 g/mol. The number of hydrazine groups is 1. The van der Waals surface area contributed by atoms with Gasteiger partial charge in [-0.25, -0.2) is 5.43 Å². The molecular weight excluding hydrogens is 398 g/mol. The van der Waals surface area contributed by atoms with Crippen LogP contribution in [-0.2, 0) is 14.4 Å². The molecule has 0 aromatic rings. The van der Waals surface area contributed by atoms with Gasteiger partial charge in [0.05, 0.1) is 12.3 Å². The van der Waals surface area contributed by atoms with Gasteiger partial charge in [0.25, 0.3) is 0 Å². The fourth-order valence-corrected chi connectivity index (χ4v) is 5.29. The van der Waals surface area contributed by atoms with Crippen LogP contribution in [0.3, 0.4) is 0 Å². The number of carbonyl (C=O) groups excluding carboxylic acids is 2. The fourth-order valence-electron chi connectivity index (χ4n) is 5.29. The van der Waals surface area contributed by atoms with E-state index in [0.29, 0.717) is 31.3 Å². The molecular formula is C21H39N7O3. The molecule has 2 amide bonds. The quantitative estimate of drug-likeness (QED) is 0.242. The minimum Gasteiger partial charge on any atom is -0.356 e. The molecule has 4 fully saturated rings. The Morgan fingerprint density at radius 1 is 1.10 bits per heavy atom. The summed E-state index contributed by atoms with van der Waals surface area (Å²) in [6, 6.07) is 0.385. The lowest BCUT2D eigenvalue weighted by atomic mass is 9.76. The van der Waals surface area contributed by atoms with Crippen LogP contribution < -0.4 is 37.6 Å². The van der Waals surface area contributed by atoms with Crippen LogP contribution in [-0.4, -0.2) is 56.0 Å². The maximum atomic E-state index is 12.2. The lowest BCUT2D eigenvalue weighted by Gasteiger charge is -2.41. The molecule has 4 aliphatic rings. The van der Waals surface area contributed by atoms with Gasteiger partial charge in [-0.15, -0.1) is 0 Å². The Morgan fingerprint density at radius 2 is 1.97 bits per heavy atom. The lowest BCUT2D eigenvalue weighted by molar-refractivity contribution is -0.134. The largest absolute Gasteiger partial charge is 0.356 e. The van der Waals surface area contributed by atoms with Gasteiger partial charge in [0.1, 0.15) is 6.23 Å². The van der Waals surface area contributed by atoms with Gasteiger partial charge in [-0.1, -0.05) is 19.3 Å². The maximum Gasteiger partial charge on any atom is 0.237 e. The van der Waals surface area contributed by atoms with E-state index in [9.17, 15) is 9.59 Å². The number of piperidine rings is 1. The Morgan fingerprint density at radius 3 is 2.84 bits per heavy atom. The van der Waals surface area contributed by atoms with Gasteiger partial charge < -0.3 is 16.0 Å². The molecule has 6 atom stereocenters. The molecule has 1 aliphatic carbocycles. The predicted molar refractivity (Wildman–Crippen MR) is 116 cm³/mol. The normalized spacial score (nSPS) is 35.9. The average molecular weight is 438 g/mol. The number of rotatable bonds is 9. The summed E-state index contributed by atoms with van der Waals surface area (Å²) in [5.74, 6) is 0.672. The minimum absolute atomic E-state index is 0.0556. The van der Waals surface area contributed by atoms with Crippen LogP contribution in [0.5, 0.6) is 0 Å². The standard InChI is InChI=1S/C21H39N7O3/c29-17(9-10-18-25-20(28-31-18)16-8-3-4-11-22-16)23-12-5-13-24-19-14-6-1-2-7-15(14)21(30)27-26-19/h14-16,18-20,22,24-26,28H,1-13H2,(H,23,29)(H,27,30). The number of hydrogen-bond acceptors (Lipinski definition) is 8. The van der Waals surface area contributed by atoms with E-state index in [1.165, 1.54) is 19.3 Å². The Hall–Kier alpha value is -1.30. The molecule has 176 valence electrons. The molecule has 0 aromatic heterocycles. The molecule has 0 aromatic carbocycles. The molecule has 3 aliphatic heterocycles. The number of fused-ring (bicyclic) bond motifs is 1. The third kappa shape index (κ3) is 6.36. The maximum absolute atomic E-state index is 12.2. The Kier molecular flexibility index (Phi) is 8.51. The number of nitrogens with one attached hydrogen (secondary N) is 7. The van der Waals surface area contributed by atoms with E-state index in [1.54, 1.807) is 0 Å². The minimum atomic E-state index is -0.128. The number of carbonyl (C=O) groups is 2. The smallest absolute Gasteiger partial charge is 0.237 e. The molecule has 10 heteroatoms. The molecule has 0 spiro atoms. The third-order valence-electron chi connectivity index (χ3n) is 7.06. The van der Waals surface area contributed by atoms with Crippen LogP contribution in [0.25, 0.3) is 0 Å². The van der Waals surface area contributed by atoms with Gasteiger partial charge in [-0.2, -0.15) is 5.48 Å². The number of hydroxylamine groups is 1. The lowest BCUT2D eigenvalue weighted by Crippen LogP contribution is -2.64. The van der Waals surface area contributed by atoms with Gasteiger partial charge in [0.15, 0.2) is 0 Å². The molecule has 7 N–H and O–H groups in total. The van der Waals surface area contributed by atoms with Crippen LogP contribution in [0.15, 0.2) is 0 Å².